The van der Waals surface area contributed by atoms with Crippen molar-refractivity contribution in [3.8, 4) is 0 Å². The Morgan fingerprint density at radius 2 is 0.943 bits per heavy atom. The van der Waals surface area contributed by atoms with Crippen LogP contribution >= 0.6 is 0 Å². The third-order valence-electron chi connectivity index (χ3n) is 13.2. The lowest BCUT2D eigenvalue weighted by Crippen LogP contribution is -2.49. The summed E-state index contributed by atoms with van der Waals surface area (Å²) in [4.78, 5) is 26.7. The molecule has 0 radical (unpaired) electrons. The Hall–Kier alpha value is -2.80. The summed E-state index contributed by atoms with van der Waals surface area (Å²) < 4.78 is 24.4. The highest BCUT2D eigenvalue weighted by molar-refractivity contribution is 6.18. The molecular formula is C42H63BN4O6. The maximum absolute atomic E-state index is 13.4. The lowest BCUT2D eigenvalue weighted by molar-refractivity contribution is -0.114. The standard InChI is InChI=1S/C42H63BN4O6/c1-3-50-41-23-17-39(18-24-41,19-25-41)33-13-9-31(10-14-33)37(48)46-35(7-5-29-44)52-43-53-36(8-6-30-45)47-38(49)32-11-15-34(16-12-32)40-20-26-42(27-21-40,28-22-40)51-4-2/h9-16,35-36,43H,3-8,17-30,44-45H2,1-2H3,(H,46,48)(H,47,49). The molecule has 6 saturated carbocycles. The van der Waals surface area contributed by atoms with Crippen LogP contribution in [0.25, 0.3) is 0 Å². The fourth-order valence-corrected chi connectivity index (χ4v) is 9.83. The lowest BCUT2D eigenvalue weighted by Gasteiger charge is -2.53. The first-order valence-corrected chi connectivity index (χ1v) is 20.5. The van der Waals surface area contributed by atoms with Gasteiger partial charge in [-0.15, -0.1) is 0 Å². The summed E-state index contributed by atoms with van der Waals surface area (Å²) in [5.41, 5.74) is 15.9. The predicted octanol–water partition coefficient (Wildman–Crippen LogP) is 6.04. The quantitative estimate of drug-likeness (QED) is 0.0954. The van der Waals surface area contributed by atoms with Gasteiger partial charge >= 0.3 is 7.69 Å². The number of ether oxygens (including phenoxy) is 2. The van der Waals surface area contributed by atoms with Crippen molar-refractivity contribution in [2.45, 2.75) is 151 Å². The van der Waals surface area contributed by atoms with Crippen LogP contribution in [0.15, 0.2) is 48.5 Å². The fraction of sp³-hybridized carbons (Fsp3) is 0.667. The molecule has 0 heterocycles. The van der Waals surface area contributed by atoms with Crippen LogP contribution in [0.1, 0.15) is 148 Å². The van der Waals surface area contributed by atoms with Crippen LogP contribution in [-0.4, -0.2) is 69.5 Å². The van der Waals surface area contributed by atoms with Crippen molar-refractivity contribution in [3.63, 3.8) is 0 Å². The van der Waals surface area contributed by atoms with E-state index >= 15 is 0 Å². The van der Waals surface area contributed by atoms with Gasteiger partial charge in [0.25, 0.3) is 11.8 Å². The number of hydrogen-bond donors (Lipinski definition) is 4. The van der Waals surface area contributed by atoms with Crippen molar-refractivity contribution in [2.24, 2.45) is 11.5 Å². The van der Waals surface area contributed by atoms with Gasteiger partial charge in [-0.1, -0.05) is 24.3 Å². The summed E-state index contributed by atoms with van der Waals surface area (Å²) in [7, 11) is -0.111. The molecule has 0 saturated heterocycles. The Balaban J connectivity index is 1.00. The molecule has 10 nitrogen and oxygen atoms in total. The minimum atomic E-state index is -0.594. The third kappa shape index (κ3) is 9.19. The van der Waals surface area contributed by atoms with Crippen molar-refractivity contribution in [1.29, 1.82) is 0 Å². The number of hydrogen-bond acceptors (Lipinski definition) is 8. The van der Waals surface area contributed by atoms with E-state index in [4.69, 9.17) is 30.2 Å². The first-order valence-electron chi connectivity index (χ1n) is 20.5. The topological polar surface area (TPSA) is 147 Å². The van der Waals surface area contributed by atoms with E-state index in [1.807, 2.05) is 24.3 Å². The number of nitrogens with two attached hydrogens (primary N) is 2. The molecule has 2 unspecified atom stereocenters. The highest BCUT2D eigenvalue weighted by atomic mass is 16.6. The van der Waals surface area contributed by atoms with E-state index in [0.29, 0.717) is 49.9 Å². The Bertz CT molecular complexity index is 1340. The van der Waals surface area contributed by atoms with Gasteiger partial charge in [-0.3, -0.25) is 9.59 Å². The lowest BCUT2D eigenvalue weighted by atomic mass is 9.56. The van der Waals surface area contributed by atoms with Gasteiger partial charge in [-0.2, -0.15) is 0 Å². The van der Waals surface area contributed by atoms with Crippen LogP contribution in [0.4, 0.5) is 0 Å². The Kier molecular flexibility index (Phi) is 13.4. The molecule has 6 aliphatic rings. The number of amides is 2. The van der Waals surface area contributed by atoms with E-state index in [9.17, 15) is 9.59 Å². The molecule has 2 aromatic carbocycles. The summed E-state index contributed by atoms with van der Waals surface area (Å²) >= 11 is 0. The first kappa shape index (κ1) is 39.9. The molecule has 2 aromatic rings. The van der Waals surface area contributed by atoms with E-state index < -0.39 is 12.5 Å². The highest BCUT2D eigenvalue weighted by Crippen LogP contribution is 2.56. The van der Waals surface area contributed by atoms with Gasteiger partial charge in [-0.25, -0.2) is 0 Å². The van der Waals surface area contributed by atoms with Crippen molar-refractivity contribution < 1.29 is 28.4 Å². The fourth-order valence-electron chi connectivity index (χ4n) is 9.83. The minimum Gasteiger partial charge on any atom is -0.393 e. The van der Waals surface area contributed by atoms with Gasteiger partial charge in [0.1, 0.15) is 12.5 Å². The number of fused-ring (bicyclic) bond motifs is 6. The second-order valence-electron chi connectivity index (χ2n) is 16.2. The summed E-state index contributed by atoms with van der Waals surface area (Å²) in [6.07, 6.45) is 14.6. The number of benzene rings is 2. The van der Waals surface area contributed by atoms with Crippen LogP contribution in [-0.2, 0) is 29.6 Å². The predicted molar refractivity (Wildman–Crippen MR) is 209 cm³/mol. The molecule has 6 fully saturated rings. The van der Waals surface area contributed by atoms with E-state index in [0.717, 1.165) is 90.3 Å². The molecule has 0 spiro atoms. The van der Waals surface area contributed by atoms with Gasteiger partial charge in [0.15, 0.2) is 0 Å². The van der Waals surface area contributed by atoms with Crippen molar-refractivity contribution in [3.05, 3.63) is 70.8 Å². The van der Waals surface area contributed by atoms with Gasteiger partial charge in [-0.05, 0) is 176 Å². The second-order valence-corrected chi connectivity index (χ2v) is 16.2. The molecular weight excluding hydrogens is 667 g/mol. The van der Waals surface area contributed by atoms with E-state index in [1.54, 1.807) is 0 Å². The maximum Gasteiger partial charge on any atom is 0.441 e. The summed E-state index contributed by atoms with van der Waals surface area (Å²) in [6.45, 7) is 6.67. The smallest absolute Gasteiger partial charge is 0.393 e. The molecule has 0 aromatic heterocycles. The average Bonchev–Trinajstić information content (AvgIpc) is 3.20. The largest absolute Gasteiger partial charge is 0.441 e. The Morgan fingerprint density at radius 3 is 1.25 bits per heavy atom. The van der Waals surface area contributed by atoms with E-state index in [-0.39, 0.29) is 41.5 Å². The zero-order chi connectivity index (χ0) is 37.4. The minimum absolute atomic E-state index is 0.0733. The number of nitrogens with one attached hydrogen (secondary N) is 2. The van der Waals surface area contributed by atoms with Crippen LogP contribution in [0.3, 0.4) is 0 Å². The number of carbonyl (C=O) groups excluding carboxylic acids is 2. The van der Waals surface area contributed by atoms with Crippen molar-refractivity contribution >= 4 is 19.5 Å². The average molecular weight is 731 g/mol. The van der Waals surface area contributed by atoms with Crippen LogP contribution in [0.5, 0.6) is 0 Å². The van der Waals surface area contributed by atoms with Gasteiger partial charge in [0.05, 0.1) is 11.2 Å². The van der Waals surface area contributed by atoms with E-state index in [2.05, 4.69) is 48.7 Å². The van der Waals surface area contributed by atoms with Crippen molar-refractivity contribution in [2.75, 3.05) is 26.3 Å². The van der Waals surface area contributed by atoms with Crippen LogP contribution in [0.2, 0.25) is 0 Å². The number of carbonyl (C=O) groups is 2. The highest BCUT2D eigenvalue weighted by Gasteiger charge is 2.51. The summed E-state index contributed by atoms with van der Waals surface area (Å²) in [5.74, 6) is -0.408. The van der Waals surface area contributed by atoms with Gasteiger partial charge in [0, 0.05) is 24.3 Å². The zero-order valence-corrected chi connectivity index (χ0v) is 32.2. The third-order valence-corrected chi connectivity index (χ3v) is 13.2. The summed E-state index contributed by atoms with van der Waals surface area (Å²) in [5, 5.41) is 6.05. The molecule has 8 rings (SSSR count). The zero-order valence-electron chi connectivity index (χ0n) is 32.2. The molecule has 53 heavy (non-hydrogen) atoms. The molecule has 2 amide bonds. The molecule has 2 atom stereocenters. The Labute approximate surface area is 317 Å². The molecule has 6 aliphatic carbocycles. The van der Waals surface area contributed by atoms with Crippen LogP contribution < -0.4 is 22.1 Å². The summed E-state index contributed by atoms with van der Waals surface area (Å²) in [6, 6.07) is 16.2. The normalized spacial score (nSPS) is 28.7. The number of rotatable bonds is 20. The van der Waals surface area contributed by atoms with Crippen molar-refractivity contribution in [1.82, 2.24) is 10.6 Å². The van der Waals surface area contributed by atoms with Gasteiger partial charge in [0.2, 0.25) is 0 Å². The van der Waals surface area contributed by atoms with Gasteiger partial charge < -0.3 is 40.9 Å². The Morgan fingerprint density at radius 1 is 0.604 bits per heavy atom. The van der Waals surface area contributed by atoms with E-state index in [1.165, 1.54) is 11.1 Å². The molecule has 0 aliphatic heterocycles. The van der Waals surface area contributed by atoms with Crippen LogP contribution in [0, 0.1) is 0 Å². The molecule has 6 N–H and O–H groups in total. The first-order chi connectivity index (χ1) is 25.7. The maximum atomic E-state index is 13.4. The molecule has 11 heteroatoms. The monoisotopic (exact) mass is 730 g/mol. The SMILES string of the molecule is CCOC12CCC(c3ccc(C(=O)NC(CCCN)OBOC(CCCN)NC(=O)c4ccc(C56CCC(OCC)(CC5)CC6)cc4)cc3)(CC1)CC2. The molecule has 290 valence electrons. The molecule has 4 bridgehead atoms. The second kappa shape index (κ2) is 17.8.